The molecule has 0 bridgehead atoms. The summed E-state index contributed by atoms with van der Waals surface area (Å²) in [5, 5.41) is 10.6. The van der Waals surface area contributed by atoms with E-state index in [1.165, 1.54) is 24.0 Å². The monoisotopic (exact) mass is 469 g/mol. The zero-order valence-corrected chi connectivity index (χ0v) is 20.4. The highest BCUT2D eigenvalue weighted by atomic mass is 32.1. The van der Waals surface area contributed by atoms with Gasteiger partial charge >= 0.3 is 5.97 Å². The van der Waals surface area contributed by atoms with Gasteiger partial charge in [-0.05, 0) is 62.1 Å². The van der Waals surface area contributed by atoms with E-state index in [4.69, 9.17) is 4.74 Å². The second-order valence-electron chi connectivity index (χ2n) is 8.78. The number of thiophene rings is 1. The molecule has 5 nitrogen and oxygen atoms in total. The Balaban J connectivity index is 1.43. The normalized spacial score (nSPS) is 18.1. The third-order valence-electron chi connectivity index (χ3n) is 6.33. The predicted octanol–water partition coefficient (Wildman–Crippen LogP) is 5.03. The molecular weight excluding hydrogens is 434 g/mol. The van der Waals surface area contributed by atoms with E-state index in [9.17, 15) is 14.7 Å². The molecule has 0 unspecified atom stereocenters. The minimum Gasteiger partial charge on any atom is -0.465 e. The van der Waals surface area contributed by atoms with Gasteiger partial charge < -0.3 is 14.7 Å². The number of amides is 1. The summed E-state index contributed by atoms with van der Waals surface area (Å²) < 4.78 is 4.76. The highest BCUT2D eigenvalue weighted by Gasteiger charge is 2.28. The molecule has 0 radical (unpaired) electrons. The summed E-state index contributed by atoms with van der Waals surface area (Å²) in [6.45, 7) is 2.77. The van der Waals surface area contributed by atoms with E-state index in [1.54, 1.807) is 6.07 Å². The van der Waals surface area contributed by atoms with Gasteiger partial charge in [-0.1, -0.05) is 49.4 Å². The van der Waals surface area contributed by atoms with Crippen molar-refractivity contribution < 1.29 is 19.4 Å². The van der Waals surface area contributed by atoms with Gasteiger partial charge in [-0.25, -0.2) is 4.79 Å². The third kappa shape index (κ3) is 7.54. The molecule has 2 aromatic rings. The van der Waals surface area contributed by atoms with Gasteiger partial charge in [-0.3, -0.25) is 4.79 Å². The molecule has 2 heterocycles. The molecule has 33 heavy (non-hydrogen) atoms. The maximum Gasteiger partial charge on any atom is 0.348 e. The molecule has 0 aliphatic carbocycles. The topological polar surface area (TPSA) is 66.8 Å². The van der Waals surface area contributed by atoms with Gasteiger partial charge in [0.1, 0.15) is 4.88 Å². The lowest BCUT2D eigenvalue weighted by atomic mass is 9.95. The van der Waals surface area contributed by atoms with Crippen molar-refractivity contribution in [3.63, 3.8) is 0 Å². The van der Waals surface area contributed by atoms with Crippen LogP contribution in [0.15, 0.2) is 54.6 Å². The van der Waals surface area contributed by atoms with Crippen LogP contribution >= 0.6 is 11.3 Å². The second-order valence-corrected chi connectivity index (χ2v) is 9.95. The fraction of sp³-hybridized carbons (Fsp3) is 0.481. The molecule has 1 aliphatic rings. The molecule has 1 aromatic carbocycles. The van der Waals surface area contributed by atoms with Crippen molar-refractivity contribution in [2.24, 2.45) is 5.92 Å². The average molecular weight is 470 g/mol. The number of hydrogen-bond acceptors (Lipinski definition) is 5. The summed E-state index contributed by atoms with van der Waals surface area (Å²) >= 11 is 1.45. The lowest BCUT2D eigenvalue weighted by Crippen LogP contribution is -2.33. The van der Waals surface area contributed by atoms with Crippen LogP contribution in [0.25, 0.3) is 0 Å². The van der Waals surface area contributed by atoms with Gasteiger partial charge in [0.25, 0.3) is 0 Å². The number of aliphatic hydroxyl groups excluding tert-OH is 1. The van der Waals surface area contributed by atoms with Gasteiger partial charge in [0.2, 0.25) is 5.91 Å². The fourth-order valence-corrected chi connectivity index (χ4v) is 5.24. The number of esters is 1. The van der Waals surface area contributed by atoms with Gasteiger partial charge in [0, 0.05) is 17.8 Å². The molecular formula is C27H35NO4S. The number of rotatable bonds is 12. The molecule has 1 saturated heterocycles. The quantitative estimate of drug-likeness (QED) is 0.350. The van der Waals surface area contributed by atoms with Crippen molar-refractivity contribution in [2.45, 2.75) is 64.0 Å². The Kier molecular flexibility index (Phi) is 9.70. The summed E-state index contributed by atoms with van der Waals surface area (Å²) in [6.07, 6.45) is 9.46. The zero-order chi connectivity index (χ0) is 23.6. The number of benzene rings is 1. The summed E-state index contributed by atoms with van der Waals surface area (Å²) in [5.74, 6) is 0.0499. The Labute approximate surface area is 201 Å². The third-order valence-corrected chi connectivity index (χ3v) is 7.45. The summed E-state index contributed by atoms with van der Waals surface area (Å²) in [6, 6.07) is 14.2. The van der Waals surface area contributed by atoms with Crippen molar-refractivity contribution >= 4 is 23.2 Å². The number of ether oxygens (including phenoxy) is 1. The highest BCUT2D eigenvalue weighted by Crippen LogP contribution is 2.23. The first-order valence-electron chi connectivity index (χ1n) is 11.8. The van der Waals surface area contributed by atoms with Gasteiger partial charge in [0.05, 0.1) is 19.3 Å². The number of aryl methyl sites for hydroxylation is 2. The van der Waals surface area contributed by atoms with E-state index in [0.29, 0.717) is 17.8 Å². The molecule has 3 rings (SSSR count). The largest absolute Gasteiger partial charge is 0.465 e. The van der Waals surface area contributed by atoms with E-state index in [1.807, 2.05) is 29.2 Å². The van der Waals surface area contributed by atoms with Crippen LogP contribution in [0.1, 0.15) is 59.1 Å². The van der Waals surface area contributed by atoms with Crippen molar-refractivity contribution in [3.05, 3.63) is 69.9 Å². The SMILES string of the molecule is COC(=O)c1ccc(CCCN2C(=O)CC[C@@H]2C=C[C@@H](O)[C@H](C)CCCc2ccccc2)s1. The van der Waals surface area contributed by atoms with Crippen molar-refractivity contribution in [2.75, 3.05) is 13.7 Å². The number of carbonyl (C=O) groups is 2. The Bertz CT molecular complexity index is 923. The molecule has 178 valence electrons. The second kappa shape index (κ2) is 12.7. The number of hydrogen-bond donors (Lipinski definition) is 1. The van der Waals surface area contributed by atoms with Crippen molar-refractivity contribution in [1.82, 2.24) is 4.90 Å². The van der Waals surface area contributed by atoms with Crippen LogP contribution < -0.4 is 0 Å². The summed E-state index contributed by atoms with van der Waals surface area (Å²) in [7, 11) is 1.39. The molecule has 0 spiro atoms. The molecule has 1 N–H and O–H groups in total. The molecule has 0 saturated carbocycles. The van der Waals surface area contributed by atoms with Crippen LogP contribution in [0.2, 0.25) is 0 Å². The number of aliphatic hydroxyl groups is 1. The van der Waals surface area contributed by atoms with E-state index in [2.05, 4.69) is 31.2 Å². The smallest absolute Gasteiger partial charge is 0.348 e. The molecule has 1 fully saturated rings. The lowest BCUT2D eigenvalue weighted by Gasteiger charge is -2.23. The molecule has 3 atom stereocenters. The van der Waals surface area contributed by atoms with Crippen LogP contribution in [0, 0.1) is 5.92 Å². The maximum atomic E-state index is 12.4. The minimum atomic E-state index is -0.499. The average Bonchev–Trinajstić information content (AvgIpc) is 3.44. The number of methoxy groups -OCH3 is 1. The zero-order valence-electron chi connectivity index (χ0n) is 19.6. The fourth-order valence-electron chi connectivity index (χ4n) is 4.27. The Morgan fingerprint density at radius 3 is 2.76 bits per heavy atom. The van der Waals surface area contributed by atoms with E-state index >= 15 is 0 Å². The van der Waals surface area contributed by atoms with Crippen LogP contribution in [-0.4, -0.2) is 47.7 Å². The van der Waals surface area contributed by atoms with Crippen LogP contribution in [0.5, 0.6) is 0 Å². The summed E-state index contributed by atoms with van der Waals surface area (Å²) in [4.78, 5) is 27.6. The Morgan fingerprint density at radius 2 is 2.00 bits per heavy atom. The standard InChI is InChI=1S/C27H35NO4S/c1-20(8-6-11-21-9-4-3-5-10-21)24(29)16-13-22-14-18-26(30)28(22)19-7-12-23-15-17-25(33-23)27(31)32-2/h3-5,9-10,13,15-17,20,22,24,29H,6-8,11-12,14,18-19H2,1-2H3/t20-,22+,24-/m1/s1. The number of nitrogens with zero attached hydrogens (tertiary/aromatic N) is 1. The van der Waals surface area contributed by atoms with Crippen LogP contribution in [-0.2, 0) is 22.4 Å². The Morgan fingerprint density at radius 1 is 1.21 bits per heavy atom. The predicted molar refractivity (Wildman–Crippen MR) is 132 cm³/mol. The van der Waals surface area contributed by atoms with E-state index in [-0.39, 0.29) is 23.8 Å². The number of carbonyl (C=O) groups excluding carboxylic acids is 2. The van der Waals surface area contributed by atoms with Crippen molar-refractivity contribution in [3.8, 4) is 0 Å². The molecule has 1 amide bonds. The minimum absolute atomic E-state index is 0.0534. The van der Waals surface area contributed by atoms with E-state index < -0.39 is 6.10 Å². The van der Waals surface area contributed by atoms with Gasteiger partial charge in [-0.2, -0.15) is 0 Å². The van der Waals surface area contributed by atoms with Crippen molar-refractivity contribution in [1.29, 1.82) is 0 Å². The molecule has 1 aliphatic heterocycles. The van der Waals surface area contributed by atoms with E-state index in [0.717, 1.165) is 43.4 Å². The highest BCUT2D eigenvalue weighted by molar-refractivity contribution is 7.13. The first-order valence-corrected chi connectivity index (χ1v) is 12.7. The molecule has 1 aromatic heterocycles. The first-order chi connectivity index (χ1) is 16.0. The Hall–Kier alpha value is -2.44. The summed E-state index contributed by atoms with van der Waals surface area (Å²) in [5.41, 5.74) is 1.33. The van der Waals surface area contributed by atoms with Gasteiger partial charge in [-0.15, -0.1) is 11.3 Å². The maximum absolute atomic E-state index is 12.4. The number of likely N-dealkylation sites (tertiary alicyclic amines) is 1. The van der Waals surface area contributed by atoms with Gasteiger partial charge in [0.15, 0.2) is 0 Å². The van der Waals surface area contributed by atoms with Crippen LogP contribution in [0.4, 0.5) is 0 Å². The first kappa shape index (κ1) is 25.2. The van der Waals surface area contributed by atoms with Crippen LogP contribution in [0.3, 0.4) is 0 Å². The lowest BCUT2D eigenvalue weighted by molar-refractivity contribution is -0.128. The molecule has 6 heteroatoms.